The molecule has 0 amide bonds. The summed E-state index contributed by atoms with van der Waals surface area (Å²) in [5.74, 6) is 1.38. The van der Waals surface area contributed by atoms with Gasteiger partial charge >= 0.3 is 0 Å². The zero-order valence-corrected chi connectivity index (χ0v) is 14.3. The van der Waals surface area contributed by atoms with E-state index in [0.717, 1.165) is 11.3 Å². The van der Waals surface area contributed by atoms with Crippen molar-refractivity contribution in [1.82, 2.24) is 4.72 Å². The second-order valence-electron chi connectivity index (χ2n) is 5.31. The molecule has 0 aromatic heterocycles. The van der Waals surface area contributed by atoms with Crippen molar-refractivity contribution >= 4 is 10.0 Å². The van der Waals surface area contributed by atoms with Crippen molar-refractivity contribution in [2.45, 2.75) is 31.4 Å². The lowest BCUT2D eigenvalue weighted by Gasteiger charge is -2.11. The maximum Gasteiger partial charge on any atom is 0.240 e. The minimum atomic E-state index is -3.56. The molecule has 0 radical (unpaired) electrons. The van der Waals surface area contributed by atoms with Crippen molar-refractivity contribution in [2.75, 3.05) is 7.11 Å². The van der Waals surface area contributed by atoms with Gasteiger partial charge in [0.2, 0.25) is 10.0 Å². The first-order chi connectivity index (χ1) is 10.9. The highest BCUT2D eigenvalue weighted by Gasteiger charge is 2.13. The van der Waals surface area contributed by atoms with Crippen molar-refractivity contribution in [2.24, 2.45) is 0 Å². The lowest BCUT2D eigenvalue weighted by molar-refractivity contribution is 0.242. The van der Waals surface area contributed by atoms with Gasteiger partial charge in [0.1, 0.15) is 11.5 Å². The average molecular weight is 335 g/mol. The number of methoxy groups -OCH3 is 1. The van der Waals surface area contributed by atoms with Gasteiger partial charge in [-0.2, -0.15) is 0 Å². The van der Waals surface area contributed by atoms with Crippen LogP contribution in [0.3, 0.4) is 0 Å². The molecule has 0 atom stereocenters. The van der Waals surface area contributed by atoms with Crippen LogP contribution in [0.1, 0.15) is 19.4 Å². The summed E-state index contributed by atoms with van der Waals surface area (Å²) in [5, 5.41) is 0. The molecular formula is C17H21NO4S. The first-order valence-corrected chi connectivity index (χ1v) is 8.78. The van der Waals surface area contributed by atoms with Gasteiger partial charge in [-0.1, -0.05) is 12.1 Å². The molecule has 0 saturated carbocycles. The predicted molar refractivity (Wildman–Crippen MR) is 89.2 cm³/mol. The van der Waals surface area contributed by atoms with Gasteiger partial charge in [0.15, 0.2) is 0 Å². The summed E-state index contributed by atoms with van der Waals surface area (Å²) in [5.41, 5.74) is 0.856. The Morgan fingerprint density at radius 1 is 0.957 bits per heavy atom. The SMILES string of the molecule is COc1ccc(CNS(=O)(=O)c2ccc(OC(C)C)cc2)cc1. The molecule has 0 spiro atoms. The molecule has 0 unspecified atom stereocenters. The van der Waals surface area contributed by atoms with E-state index in [1.165, 1.54) is 12.1 Å². The van der Waals surface area contributed by atoms with Crippen molar-refractivity contribution in [3.05, 3.63) is 54.1 Å². The highest BCUT2D eigenvalue weighted by molar-refractivity contribution is 7.89. The van der Waals surface area contributed by atoms with E-state index in [0.29, 0.717) is 5.75 Å². The number of benzene rings is 2. The van der Waals surface area contributed by atoms with Crippen LogP contribution in [0.25, 0.3) is 0 Å². The third-order valence-electron chi connectivity index (χ3n) is 3.13. The third-order valence-corrected chi connectivity index (χ3v) is 4.55. The van der Waals surface area contributed by atoms with Crippen LogP contribution in [0.15, 0.2) is 53.4 Å². The van der Waals surface area contributed by atoms with Gasteiger partial charge in [-0.25, -0.2) is 13.1 Å². The van der Waals surface area contributed by atoms with E-state index in [4.69, 9.17) is 9.47 Å². The summed E-state index contributed by atoms with van der Waals surface area (Å²) in [6.45, 7) is 4.05. The molecule has 2 rings (SSSR count). The minimum absolute atomic E-state index is 0.0469. The molecule has 5 nitrogen and oxygen atoms in total. The van der Waals surface area contributed by atoms with Gasteiger partial charge in [-0.3, -0.25) is 0 Å². The lowest BCUT2D eigenvalue weighted by Crippen LogP contribution is -2.23. The molecule has 0 bridgehead atoms. The largest absolute Gasteiger partial charge is 0.497 e. The minimum Gasteiger partial charge on any atom is -0.497 e. The van der Waals surface area contributed by atoms with Crippen LogP contribution in [0.2, 0.25) is 0 Å². The fourth-order valence-electron chi connectivity index (χ4n) is 1.97. The molecule has 0 heterocycles. The molecule has 2 aromatic carbocycles. The maximum atomic E-state index is 12.3. The van der Waals surface area contributed by atoms with Crippen molar-refractivity contribution in [3.63, 3.8) is 0 Å². The molecule has 0 fully saturated rings. The Morgan fingerprint density at radius 3 is 2.04 bits per heavy atom. The molecule has 6 heteroatoms. The predicted octanol–water partition coefficient (Wildman–Crippen LogP) is 2.96. The van der Waals surface area contributed by atoms with E-state index in [1.54, 1.807) is 31.4 Å². The lowest BCUT2D eigenvalue weighted by atomic mass is 10.2. The number of nitrogens with one attached hydrogen (secondary N) is 1. The number of hydrogen-bond acceptors (Lipinski definition) is 4. The van der Waals surface area contributed by atoms with Crippen LogP contribution >= 0.6 is 0 Å². The number of sulfonamides is 1. The van der Waals surface area contributed by atoms with Gasteiger partial charge < -0.3 is 9.47 Å². The molecule has 1 N–H and O–H groups in total. The average Bonchev–Trinajstić information content (AvgIpc) is 2.53. The van der Waals surface area contributed by atoms with Gasteiger partial charge in [0.25, 0.3) is 0 Å². The summed E-state index contributed by atoms with van der Waals surface area (Å²) < 4.78 is 37.7. The van der Waals surface area contributed by atoms with Gasteiger partial charge in [-0.15, -0.1) is 0 Å². The summed E-state index contributed by atoms with van der Waals surface area (Å²) in [7, 11) is -1.97. The second-order valence-corrected chi connectivity index (χ2v) is 7.08. The topological polar surface area (TPSA) is 64.6 Å². The van der Waals surface area contributed by atoms with Gasteiger partial charge in [-0.05, 0) is 55.8 Å². The molecule has 2 aromatic rings. The molecule has 0 saturated heterocycles. The normalized spacial score (nSPS) is 11.5. The van der Waals surface area contributed by atoms with Crippen LogP contribution in [0.4, 0.5) is 0 Å². The first kappa shape index (κ1) is 17.3. The molecular weight excluding hydrogens is 314 g/mol. The van der Waals surface area contributed by atoms with E-state index in [1.807, 2.05) is 26.0 Å². The van der Waals surface area contributed by atoms with E-state index < -0.39 is 10.0 Å². The van der Waals surface area contributed by atoms with Crippen LogP contribution in [-0.4, -0.2) is 21.6 Å². The monoisotopic (exact) mass is 335 g/mol. The van der Waals surface area contributed by atoms with E-state index >= 15 is 0 Å². The zero-order chi connectivity index (χ0) is 16.9. The van der Waals surface area contributed by atoms with E-state index in [-0.39, 0.29) is 17.5 Å². The Labute approximate surface area is 137 Å². The van der Waals surface area contributed by atoms with E-state index in [2.05, 4.69) is 4.72 Å². The highest BCUT2D eigenvalue weighted by atomic mass is 32.2. The smallest absolute Gasteiger partial charge is 0.240 e. The summed E-state index contributed by atoms with van der Waals surface area (Å²) in [6.07, 6.45) is 0.0469. The highest BCUT2D eigenvalue weighted by Crippen LogP contribution is 2.17. The second kappa shape index (κ2) is 7.48. The molecule has 23 heavy (non-hydrogen) atoms. The quantitative estimate of drug-likeness (QED) is 0.845. The summed E-state index contributed by atoms with van der Waals surface area (Å²) >= 11 is 0. The van der Waals surface area contributed by atoms with Crippen LogP contribution in [0.5, 0.6) is 11.5 Å². The fourth-order valence-corrected chi connectivity index (χ4v) is 2.99. The maximum absolute atomic E-state index is 12.3. The molecule has 0 aliphatic heterocycles. The Balaban J connectivity index is 2.02. The summed E-state index contributed by atoms with van der Waals surface area (Å²) in [4.78, 5) is 0.210. The van der Waals surface area contributed by atoms with Crippen LogP contribution in [0, 0.1) is 0 Å². The third kappa shape index (κ3) is 4.97. The van der Waals surface area contributed by atoms with Crippen LogP contribution < -0.4 is 14.2 Å². The van der Waals surface area contributed by atoms with Gasteiger partial charge in [0, 0.05) is 6.54 Å². The van der Waals surface area contributed by atoms with E-state index in [9.17, 15) is 8.42 Å². The molecule has 0 aliphatic rings. The fraction of sp³-hybridized carbons (Fsp3) is 0.294. The number of ether oxygens (including phenoxy) is 2. The van der Waals surface area contributed by atoms with Crippen molar-refractivity contribution in [1.29, 1.82) is 0 Å². The van der Waals surface area contributed by atoms with Crippen LogP contribution in [-0.2, 0) is 16.6 Å². The molecule has 0 aliphatic carbocycles. The van der Waals surface area contributed by atoms with Gasteiger partial charge in [0.05, 0.1) is 18.1 Å². The Hall–Kier alpha value is -2.05. The van der Waals surface area contributed by atoms with Crippen molar-refractivity contribution < 1.29 is 17.9 Å². The zero-order valence-electron chi connectivity index (χ0n) is 13.4. The Morgan fingerprint density at radius 2 is 1.52 bits per heavy atom. The molecule has 124 valence electrons. The van der Waals surface area contributed by atoms with Crippen molar-refractivity contribution in [3.8, 4) is 11.5 Å². The standard InChI is InChI=1S/C17H21NO4S/c1-13(2)22-16-8-10-17(11-9-16)23(19,20)18-12-14-4-6-15(21-3)7-5-14/h4-11,13,18H,12H2,1-3H3. The number of hydrogen-bond donors (Lipinski definition) is 1. The summed E-state index contributed by atoms with van der Waals surface area (Å²) in [6, 6.07) is 13.6. The Bertz CT molecular complexity index is 722. The number of rotatable bonds is 7. The first-order valence-electron chi connectivity index (χ1n) is 7.30. The Kier molecular flexibility index (Phi) is 5.63.